The molecule has 18 heavy (non-hydrogen) atoms. The lowest BCUT2D eigenvalue weighted by Crippen LogP contribution is -2.59. The molecule has 1 aliphatic heterocycles. The molecule has 0 unspecified atom stereocenters. The van der Waals surface area contributed by atoms with Crippen molar-refractivity contribution < 1.29 is 8.42 Å². The monoisotopic (exact) mass is 268 g/mol. The molecule has 0 spiro atoms. The second-order valence-corrected chi connectivity index (χ2v) is 7.25. The Morgan fingerprint density at radius 1 is 1.33 bits per heavy atom. The van der Waals surface area contributed by atoms with Crippen LogP contribution in [0.25, 0.3) is 0 Å². The van der Waals surface area contributed by atoms with Crippen LogP contribution in [0.15, 0.2) is 29.2 Å². The van der Waals surface area contributed by atoms with Crippen LogP contribution in [0.2, 0.25) is 0 Å². The molecule has 0 bridgehead atoms. The average Bonchev–Trinajstić information content (AvgIpc) is 2.28. The van der Waals surface area contributed by atoms with E-state index in [0.29, 0.717) is 24.5 Å². The number of benzene rings is 1. The van der Waals surface area contributed by atoms with E-state index in [2.05, 4.69) is 5.32 Å². The third-order valence-corrected chi connectivity index (χ3v) is 5.41. The van der Waals surface area contributed by atoms with E-state index in [1.54, 1.807) is 22.5 Å². The lowest BCUT2D eigenvalue weighted by Gasteiger charge is -2.41. The highest BCUT2D eigenvalue weighted by molar-refractivity contribution is 7.89. The molecule has 4 nitrogen and oxygen atoms in total. The maximum atomic E-state index is 12.7. The second kappa shape index (κ2) is 4.64. The van der Waals surface area contributed by atoms with Gasteiger partial charge in [0.1, 0.15) is 0 Å². The molecule has 0 atom stereocenters. The van der Waals surface area contributed by atoms with E-state index in [1.807, 2.05) is 26.8 Å². The number of aryl methyl sites for hydroxylation is 1. The van der Waals surface area contributed by atoms with Crippen molar-refractivity contribution in [1.82, 2.24) is 9.62 Å². The molecule has 1 aromatic rings. The van der Waals surface area contributed by atoms with Crippen LogP contribution in [0, 0.1) is 6.92 Å². The molecular formula is C13H20N2O2S. The maximum Gasteiger partial charge on any atom is 0.243 e. The quantitative estimate of drug-likeness (QED) is 0.881. The number of sulfonamides is 1. The Kier molecular flexibility index (Phi) is 3.49. The summed E-state index contributed by atoms with van der Waals surface area (Å²) in [6, 6.07) is 7.09. The van der Waals surface area contributed by atoms with Crippen LogP contribution in [0.3, 0.4) is 0 Å². The van der Waals surface area contributed by atoms with Crippen molar-refractivity contribution in [3.05, 3.63) is 29.8 Å². The van der Waals surface area contributed by atoms with Gasteiger partial charge in [-0.25, -0.2) is 8.42 Å². The van der Waals surface area contributed by atoms with E-state index < -0.39 is 10.0 Å². The first-order valence-electron chi connectivity index (χ1n) is 6.14. The zero-order chi connectivity index (χ0) is 13.4. The van der Waals surface area contributed by atoms with Gasteiger partial charge >= 0.3 is 0 Å². The molecule has 100 valence electrons. The Bertz CT molecular complexity index is 538. The fourth-order valence-corrected chi connectivity index (χ4v) is 4.20. The molecular weight excluding hydrogens is 248 g/mol. The Hall–Kier alpha value is -0.910. The summed E-state index contributed by atoms with van der Waals surface area (Å²) in [5, 5.41) is 3.23. The van der Waals surface area contributed by atoms with Gasteiger partial charge in [0.05, 0.1) is 4.90 Å². The second-order valence-electron chi connectivity index (χ2n) is 5.38. The van der Waals surface area contributed by atoms with E-state index in [9.17, 15) is 8.42 Å². The molecule has 0 saturated carbocycles. The molecule has 0 radical (unpaired) electrons. The number of nitrogens with one attached hydrogen (secondary N) is 1. The van der Waals surface area contributed by atoms with Gasteiger partial charge < -0.3 is 5.32 Å². The van der Waals surface area contributed by atoms with E-state index in [-0.39, 0.29) is 5.54 Å². The summed E-state index contributed by atoms with van der Waals surface area (Å²) in [5.74, 6) is 0. The molecule has 0 aromatic heterocycles. The summed E-state index contributed by atoms with van der Waals surface area (Å²) in [6.45, 7) is 7.71. The van der Waals surface area contributed by atoms with Crippen molar-refractivity contribution in [1.29, 1.82) is 0 Å². The van der Waals surface area contributed by atoms with Gasteiger partial charge in [0, 0.05) is 25.2 Å². The number of hydrogen-bond acceptors (Lipinski definition) is 3. The lowest BCUT2D eigenvalue weighted by atomic mass is 10.0. The number of rotatable bonds is 2. The van der Waals surface area contributed by atoms with Gasteiger partial charge in [-0.15, -0.1) is 0 Å². The minimum Gasteiger partial charge on any atom is -0.314 e. The Balaban J connectivity index is 2.42. The van der Waals surface area contributed by atoms with Crippen LogP contribution < -0.4 is 5.32 Å². The molecule has 1 N–H and O–H groups in total. The summed E-state index contributed by atoms with van der Waals surface area (Å²) in [7, 11) is -3.40. The third-order valence-electron chi connectivity index (χ3n) is 3.30. The Labute approximate surface area is 109 Å². The zero-order valence-electron chi connectivity index (χ0n) is 11.1. The van der Waals surface area contributed by atoms with Crippen LogP contribution in [-0.4, -0.2) is 37.9 Å². The van der Waals surface area contributed by atoms with Crippen molar-refractivity contribution in [2.24, 2.45) is 0 Å². The van der Waals surface area contributed by atoms with Gasteiger partial charge in [-0.05, 0) is 38.5 Å². The van der Waals surface area contributed by atoms with E-state index in [1.165, 1.54) is 0 Å². The van der Waals surface area contributed by atoms with Crippen LogP contribution in [0.1, 0.15) is 19.4 Å². The fourth-order valence-electron chi connectivity index (χ4n) is 2.31. The van der Waals surface area contributed by atoms with Crippen LogP contribution in [-0.2, 0) is 10.0 Å². The molecule has 1 aromatic carbocycles. The number of hydrogen-bond donors (Lipinski definition) is 1. The van der Waals surface area contributed by atoms with E-state index >= 15 is 0 Å². The molecule has 1 saturated heterocycles. The van der Waals surface area contributed by atoms with Gasteiger partial charge in [0.2, 0.25) is 10.0 Å². The number of nitrogens with zero attached hydrogens (tertiary/aromatic N) is 1. The van der Waals surface area contributed by atoms with Gasteiger partial charge in [0.15, 0.2) is 0 Å². The van der Waals surface area contributed by atoms with Gasteiger partial charge in [0.25, 0.3) is 0 Å². The molecule has 5 heteroatoms. The van der Waals surface area contributed by atoms with Crippen molar-refractivity contribution in [2.45, 2.75) is 31.2 Å². The van der Waals surface area contributed by atoms with Gasteiger partial charge in [-0.1, -0.05) is 12.1 Å². The first-order valence-corrected chi connectivity index (χ1v) is 7.58. The summed E-state index contributed by atoms with van der Waals surface area (Å²) in [4.78, 5) is 0.387. The van der Waals surface area contributed by atoms with Crippen molar-refractivity contribution in [3.8, 4) is 0 Å². The Morgan fingerprint density at radius 2 is 2.06 bits per heavy atom. The highest BCUT2D eigenvalue weighted by atomic mass is 32.2. The maximum absolute atomic E-state index is 12.7. The smallest absolute Gasteiger partial charge is 0.243 e. The highest BCUT2D eigenvalue weighted by Gasteiger charge is 2.38. The topological polar surface area (TPSA) is 49.4 Å². The third kappa shape index (κ3) is 2.43. The van der Waals surface area contributed by atoms with E-state index in [0.717, 1.165) is 5.56 Å². The molecule has 1 heterocycles. The summed E-state index contributed by atoms with van der Waals surface area (Å²) >= 11 is 0. The zero-order valence-corrected chi connectivity index (χ0v) is 11.9. The van der Waals surface area contributed by atoms with Crippen molar-refractivity contribution in [2.75, 3.05) is 19.6 Å². The van der Waals surface area contributed by atoms with Crippen LogP contribution >= 0.6 is 0 Å². The van der Waals surface area contributed by atoms with Gasteiger partial charge in [-0.2, -0.15) is 4.31 Å². The number of piperazine rings is 1. The molecule has 0 amide bonds. The first kappa shape index (κ1) is 13.5. The molecule has 2 rings (SSSR count). The summed E-state index contributed by atoms with van der Waals surface area (Å²) < 4.78 is 26.9. The van der Waals surface area contributed by atoms with Crippen molar-refractivity contribution in [3.63, 3.8) is 0 Å². The van der Waals surface area contributed by atoms with Crippen molar-refractivity contribution >= 4 is 10.0 Å². The highest BCUT2D eigenvalue weighted by Crippen LogP contribution is 2.26. The minimum atomic E-state index is -3.40. The largest absolute Gasteiger partial charge is 0.314 e. The predicted molar refractivity (Wildman–Crippen MR) is 72.0 cm³/mol. The molecule has 1 aliphatic rings. The fraction of sp³-hybridized carbons (Fsp3) is 0.538. The van der Waals surface area contributed by atoms with E-state index in [4.69, 9.17) is 0 Å². The van der Waals surface area contributed by atoms with Gasteiger partial charge in [-0.3, -0.25) is 0 Å². The SMILES string of the molecule is Cc1cccc(S(=O)(=O)N2CCNCC2(C)C)c1. The van der Waals surface area contributed by atoms with Crippen LogP contribution in [0.5, 0.6) is 0 Å². The molecule has 0 aliphatic carbocycles. The summed E-state index contributed by atoms with van der Waals surface area (Å²) in [6.07, 6.45) is 0. The normalized spacial score (nSPS) is 20.8. The standard InChI is InChI=1S/C13H20N2O2S/c1-11-5-4-6-12(9-11)18(16,17)15-8-7-14-10-13(15,2)3/h4-6,9,14H,7-8,10H2,1-3H3. The lowest BCUT2D eigenvalue weighted by molar-refractivity contribution is 0.186. The minimum absolute atomic E-state index is 0.387. The Morgan fingerprint density at radius 3 is 2.67 bits per heavy atom. The molecule has 1 fully saturated rings. The first-order chi connectivity index (χ1) is 8.34. The average molecular weight is 268 g/mol. The predicted octanol–water partition coefficient (Wildman–Crippen LogP) is 1.37. The summed E-state index contributed by atoms with van der Waals surface area (Å²) in [5.41, 5.74) is 0.574. The van der Waals surface area contributed by atoms with Crippen LogP contribution in [0.4, 0.5) is 0 Å².